The summed E-state index contributed by atoms with van der Waals surface area (Å²) >= 11 is 1.68. The molecule has 4 nitrogen and oxygen atoms in total. The fourth-order valence-corrected chi connectivity index (χ4v) is 2.81. The molecular weight excluding hydrogens is 236 g/mol. The summed E-state index contributed by atoms with van der Waals surface area (Å²) in [5.41, 5.74) is 0.328. The maximum absolute atomic E-state index is 10.5. The zero-order valence-corrected chi connectivity index (χ0v) is 10.1. The largest absolute Gasteiger partial charge is 0.269 e. The van der Waals surface area contributed by atoms with Crippen molar-refractivity contribution in [1.82, 2.24) is 0 Å². The Kier molecular flexibility index (Phi) is 3.34. The molecule has 0 bridgehead atoms. The highest BCUT2D eigenvalue weighted by Crippen LogP contribution is 2.51. The van der Waals surface area contributed by atoms with Crippen molar-refractivity contribution < 1.29 is 4.92 Å². The van der Waals surface area contributed by atoms with Crippen molar-refractivity contribution in [3.63, 3.8) is 0 Å². The molecule has 0 spiro atoms. The summed E-state index contributed by atoms with van der Waals surface area (Å²) in [6.45, 7) is 0. The van der Waals surface area contributed by atoms with Gasteiger partial charge in [0.1, 0.15) is 0 Å². The molecule has 1 aliphatic rings. The van der Waals surface area contributed by atoms with E-state index in [1.165, 1.54) is 12.1 Å². The fourth-order valence-electron chi connectivity index (χ4n) is 1.62. The highest BCUT2D eigenvalue weighted by Gasteiger charge is 2.42. The van der Waals surface area contributed by atoms with E-state index in [4.69, 9.17) is 5.26 Å². The summed E-state index contributed by atoms with van der Waals surface area (Å²) in [4.78, 5) is 11.1. The van der Waals surface area contributed by atoms with Gasteiger partial charge in [0, 0.05) is 29.2 Å². The van der Waals surface area contributed by atoms with Crippen LogP contribution in [0.15, 0.2) is 29.2 Å². The molecule has 2 rings (SSSR count). The number of thioether (sulfide) groups is 1. The molecule has 1 aliphatic carbocycles. The molecule has 17 heavy (non-hydrogen) atoms. The third-order valence-electron chi connectivity index (χ3n) is 3.00. The average Bonchev–Trinajstić information content (AvgIpc) is 3.08. The van der Waals surface area contributed by atoms with Crippen molar-refractivity contribution in [3.05, 3.63) is 34.4 Å². The summed E-state index contributed by atoms with van der Waals surface area (Å²) < 4.78 is 0. The van der Waals surface area contributed by atoms with Crippen molar-refractivity contribution in [2.75, 3.05) is 5.75 Å². The predicted molar refractivity (Wildman–Crippen MR) is 65.7 cm³/mol. The van der Waals surface area contributed by atoms with E-state index in [1.807, 2.05) is 0 Å². The number of nitro benzene ring substituents is 1. The third kappa shape index (κ3) is 2.98. The van der Waals surface area contributed by atoms with Gasteiger partial charge in [-0.3, -0.25) is 10.1 Å². The molecular formula is C12H12N2O2S. The van der Waals surface area contributed by atoms with Crippen LogP contribution in [0.3, 0.4) is 0 Å². The van der Waals surface area contributed by atoms with E-state index in [0.29, 0.717) is 6.42 Å². The lowest BCUT2D eigenvalue weighted by Gasteiger charge is -2.09. The first-order valence-electron chi connectivity index (χ1n) is 5.39. The van der Waals surface area contributed by atoms with Crippen LogP contribution in [0.5, 0.6) is 0 Å². The van der Waals surface area contributed by atoms with E-state index in [9.17, 15) is 10.1 Å². The van der Waals surface area contributed by atoms with Crippen LogP contribution in [-0.2, 0) is 0 Å². The Hall–Kier alpha value is -1.54. The maximum Gasteiger partial charge on any atom is 0.269 e. The van der Waals surface area contributed by atoms with Crippen LogP contribution in [0.1, 0.15) is 19.3 Å². The molecule has 0 amide bonds. The highest BCUT2D eigenvalue weighted by atomic mass is 32.2. The molecule has 0 unspecified atom stereocenters. The van der Waals surface area contributed by atoms with Gasteiger partial charge < -0.3 is 0 Å². The van der Waals surface area contributed by atoms with Gasteiger partial charge in [0.2, 0.25) is 0 Å². The monoisotopic (exact) mass is 248 g/mol. The van der Waals surface area contributed by atoms with Gasteiger partial charge in [0.15, 0.2) is 0 Å². The predicted octanol–water partition coefficient (Wildman–Crippen LogP) is 3.38. The van der Waals surface area contributed by atoms with Crippen molar-refractivity contribution in [3.8, 4) is 6.07 Å². The van der Waals surface area contributed by atoms with Crippen molar-refractivity contribution in [1.29, 1.82) is 5.26 Å². The number of non-ortho nitro benzene ring substituents is 1. The molecule has 88 valence electrons. The minimum atomic E-state index is -0.396. The first-order chi connectivity index (χ1) is 8.15. The number of benzene rings is 1. The molecule has 0 radical (unpaired) electrons. The smallest absolute Gasteiger partial charge is 0.258 e. The Bertz CT molecular complexity index is 460. The first-order valence-corrected chi connectivity index (χ1v) is 6.38. The average molecular weight is 248 g/mol. The zero-order valence-electron chi connectivity index (χ0n) is 9.26. The number of hydrogen-bond acceptors (Lipinski definition) is 4. The van der Waals surface area contributed by atoms with Crippen LogP contribution in [0.4, 0.5) is 5.69 Å². The molecule has 0 aromatic heterocycles. The van der Waals surface area contributed by atoms with Gasteiger partial charge in [0.25, 0.3) is 5.69 Å². The van der Waals surface area contributed by atoms with Gasteiger partial charge in [-0.1, -0.05) is 0 Å². The van der Waals surface area contributed by atoms with Crippen LogP contribution in [0.25, 0.3) is 0 Å². The van der Waals surface area contributed by atoms with E-state index in [0.717, 1.165) is 23.5 Å². The molecule has 5 heteroatoms. The second kappa shape index (κ2) is 4.76. The van der Waals surface area contributed by atoms with E-state index in [1.54, 1.807) is 23.9 Å². The fraction of sp³-hybridized carbons (Fsp3) is 0.417. The number of nitriles is 1. The maximum atomic E-state index is 10.5. The molecule has 0 aliphatic heterocycles. The molecule has 1 aromatic rings. The van der Waals surface area contributed by atoms with E-state index in [-0.39, 0.29) is 11.1 Å². The summed E-state index contributed by atoms with van der Waals surface area (Å²) in [5.74, 6) is 0.929. The SMILES string of the molecule is N#CCC1(CSc2ccc([N+](=O)[O-])cc2)CC1. The second-order valence-corrected chi connectivity index (χ2v) is 5.42. The minimum absolute atomic E-state index is 0.118. The van der Waals surface area contributed by atoms with Gasteiger partial charge in [-0.05, 0) is 30.4 Å². The summed E-state index contributed by atoms with van der Waals surface area (Å²) in [5, 5.41) is 19.2. The standard InChI is InChI=1S/C12H12N2O2S/c13-8-7-12(5-6-12)9-17-11-3-1-10(2-4-11)14(15)16/h1-4H,5-7,9H2. The topological polar surface area (TPSA) is 66.9 Å². The molecule has 0 saturated heterocycles. The lowest BCUT2D eigenvalue weighted by molar-refractivity contribution is -0.384. The lowest BCUT2D eigenvalue weighted by Crippen LogP contribution is -2.02. The molecule has 0 atom stereocenters. The Morgan fingerprint density at radius 1 is 1.41 bits per heavy atom. The summed E-state index contributed by atoms with van der Waals surface area (Å²) in [6, 6.07) is 8.81. The van der Waals surface area contributed by atoms with Crippen LogP contribution >= 0.6 is 11.8 Å². The van der Waals surface area contributed by atoms with Gasteiger partial charge in [-0.25, -0.2) is 0 Å². The zero-order chi connectivity index (χ0) is 12.3. The number of hydrogen-bond donors (Lipinski definition) is 0. The molecule has 1 aromatic carbocycles. The van der Waals surface area contributed by atoms with Crippen LogP contribution in [0.2, 0.25) is 0 Å². The van der Waals surface area contributed by atoms with Crippen LogP contribution in [0, 0.1) is 26.9 Å². The Morgan fingerprint density at radius 3 is 2.53 bits per heavy atom. The third-order valence-corrected chi connectivity index (χ3v) is 4.37. The van der Waals surface area contributed by atoms with E-state index in [2.05, 4.69) is 6.07 Å². The van der Waals surface area contributed by atoms with Crippen molar-refractivity contribution >= 4 is 17.4 Å². The summed E-state index contributed by atoms with van der Waals surface area (Å²) in [7, 11) is 0. The quantitative estimate of drug-likeness (QED) is 0.455. The Morgan fingerprint density at radius 2 is 2.06 bits per heavy atom. The van der Waals surface area contributed by atoms with Gasteiger partial charge in [-0.15, -0.1) is 11.8 Å². The van der Waals surface area contributed by atoms with Crippen LogP contribution < -0.4 is 0 Å². The Labute approximate surface area is 104 Å². The van der Waals surface area contributed by atoms with E-state index < -0.39 is 4.92 Å². The Balaban J connectivity index is 1.92. The van der Waals surface area contributed by atoms with Crippen LogP contribution in [-0.4, -0.2) is 10.7 Å². The van der Waals surface area contributed by atoms with Crippen molar-refractivity contribution in [2.45, 2.75) is 24.2 Å². The van der Waals surface area contributed by atoms with Gasteiger partial charge in [0.05, 0.1) is 11.0 Å². The minimum Gasteiger partial charge on any atom is -0.258 e. The van der Waals surface area contributed by atoms with Crippen molar-refractivity contribution in [2.24, 2.45) is 5.41 Å². The second-order valence-electron chi connectivity index (χ2n) is 4.37. The van der Waals surface area contributed by atoms with E-state index >= 15 is 0 Å². The first kappa shape index (κ1) is 11.9. The molecule has 1 fully saturated rings. The number of nitro groups is 1. The highest BCUT2D eigenvalue weighted by molar-refractivity contribution is 7.99. The molecule has 0 heterocycles. The lowest BCUT2D eigenvalue weighted by atomic mass is 10.1. The summed E-state index contributed by atoms with van der Waals surface area (Å²) in [6.07, 6.45) is 2.87. The normalized spacial score (nSPS) is 16.2. The molecule has 0 N–H and O–H groups in total. The van der Waals surface area contributed by atoms with Gasteiger partial charge in [-0.2, -0.15) is 5.26 Å². The molecule has 1 saturated carbocycles. The number of rotatable bonds is 5. The van der Waals surface area contributed by atoms with Gasteiger partial charge >= 0.3 is 0 Å². The number of nitrogens with zero attached hydrogens (tertiary/aromatic N) is 2.